The molecule has 2 rings (SSSR count). The first-order valence-corrected chi connectivity index (χ1v) is 5.95. The molecule has 0 unspecified atom stereocenters. The van der Waals surface area contributed by atoms with E-state index < -0.39 is 0 Å². The van der Waals surface area contributed by atoms with Crippen LogP contribution in [0.25, 0.3) is 10.8 Å². The van der Waals surface area contributed by atoms with Crippen LogP contribution in [0.3, 0.4) is 0 Å². The quantitative estimate of drug-likeness (QED) is 0.756. The normalized spacial score (nSPS) is 10.8. The molecule has 2 aromatic carbocycles. The minimum atomic E-state index is 0.672. The summed E-state index contributed by atoms with van der Waals surface area (Å²) < 4.78 is 5.67. The highest BCUT2D eigenvalue weighted by Gasteiger charge is 1.99. The summed E-state index contributed by atoms with van der Waals surface area (Å²) in [4.78, 5) is 12.8. The van der Waals surface area contributed by atoms with Crippen molar-refractivity contribution in [3.05, 3.63) is 42.0 Å². The number of fused-ring (bicyclic) bond motifs is 1. The van der Waals surface area contributed by atoms with E-state index in [-0.39, 0.29) is 0 Å². The Labute approximate surface area is 107 Å². The average Bonchev–Trinajstić information content (AvgIpc) is 2.37. The molecule has 0 heterocycles. The second-order valence-electron chi connectivity index (χ2n) is 4.54. The third-order valence-corrected chi connectivity index (χ3v) is 2.78. The van der Waals surface area contributed by atoms with Crippen molar-refractivity contribution in [3.63, 3.8) is 0 Å². The first-order chi connectivity index (χ1) is 8.69. The van der Waals surface area contributed by atoms with Crippen LogP contribution in [0.5, 0.6) is 5.75 Å². The van der Waals surface area contributed by atoms with E-state index >= 15 is 0 Å². The average molecular weight is 243 g/mol. The lowest BCUT2D eigenvalue weighted by Crippen LogP contribution is -2.19. The molecule has 0 spiro atoms. The topological polar surface area (TPSA) is 29.5 Å². The molecule has 2 aromatic rings. The van der Waals surface area contributed by atoms with E-state index in [1.54, 1.807) is 0 Å². The number of benzene rings is 2. The van der Waals surface area contributed by atoms with E-state index in [1.165, 1.54) is 0 Å². The number of hydrogen-bond donors (Lipinski definition) is 0. The molecule has 94 valence electrons. The SMILES string of the molecule is CN(C)CCOc1ccc2cc(C=O)ccc2c1. The van der Waals surface area contributed by atoms with Gasteiger partial charge < -0.3 is 9.64 Å². The van der Waals surface area contributed by atoms with Crippen molar-refractivity contribution in [2.75, 3.05) is 27.2 Å². The standard InChI is InChI=1S/C15H17NO2/c1-16(2)7-8-18-15-6-5-13-9-12(11-17)3-4-14(13)10-15/h3-6,9-11H,7-8H2,1-2H3. The number of hydrogen-bond acceptors (Lipinski definition) is 3. The number of aldehydes is 1. The van der Waals surface area contributed by atoms with Crippen LogP contribution >= 0.6 is 0 Å². The largest absolute Gasteiger partial charge is 0.492 e. The van der Waals surface area contributed by atoms with E-state index in [4.69, 9.17) is 4.74 Å². The molecule has 0 aliphatic carbocycles. The highest BCUT2D eigenvalue weighted by Crippen LogP contribution is 2.21. The molecule has 0 saturated heterocycles. The number of carbonyl (C=O) groups is 1. The molecule has 0 saturated carbocycles. The number of carbonyl (C=O) groups excluding carboxylic acids is 1. The van der Waals surface area contributed by atoms with Gasteiger partial charge in [0, 0.05) is 12.1 Å². The van der Waals surface area contributed by atoms with Crippen molar-refractivity contribution in [1.29, 1.82) is 0 Å². The fourth-order valence-electron chi connectivity index (χ4n) is 1.75. The Kier molecular flexibility index (Phi) is 3.95. The van der Waals surface area contributed by atoms with Crippen molar-refractivity contribution in [2.24, 2.45) is 0 Å². The molecule has 0 aliphatic rings. The number of nitrogens with zero attached hydrogens (tertiary/aromatic N) is 1. The van der Waals surface area contributed by atoms with Crippen LogP contribution in [-0.4, -0.2) is 38.4 Å². The predicted molar refractivity (Wildman–Crippen MR) is 73.4 cm³/mol. The lowest BCUT2D eigenvalue weighted by molar-refractivity contribution is 0.112. The molecule has 18 heavy (non-hydrogen) atoms. The van der Waals surface area contributed by atoms with Gasteiger partial charge in [-0.05, 0) is 43.1 Å². The van der Waals surface area contributed by atoms with Gasteiger partial charge in [0.15, 0.2) is 0 Å². The second kappa shape index (κ2) is 5.65. The summed E-state index contributed by atoms with van der Waals surface area (Å²) in [7, 11) is 4.04. The van der Waals surface area contributed by atoms with Crippen molar-refractivity contribution >= 4 is 17.1 Å². The number of likely N-dealkylation sites (N-methyl/N-ethyl adjacent to an activating group) is 1. The molecule has 3 heteroatoms. The number of rotatable bonds is 5. The maximum absolute atomic E-state index is 10.7. The van der Waals surface area contributed by atoms with Gasteiger partial charge >= 0.3 is 0 Å². The Morgan fingerprint density at radius 1 is 1.11 bits per heavy atom. The Morgan fingerprint density at radius 2 is 1.83 bits per heavy atom. The first kappa shape index (κ1) is 12.6. The highest BCUT2D eigenvalue weighted by molar-refractivity contribution is 5.89. The van der Waals surface area contributed by atoms with Crippen LogP contribution in [0.15, 0.2) is 36.4 Å². The summed E-state index contributed by atoms with van der Waals surface area (Å²) in [6.45, 7) is 1.56. The molecular formula is C15H17NO2. The zero-order chi connectivity index (χ0) is 13.0. The minimum absolute atomic E-state index is 0.672. The monoisotopic (exact) mass is 243 g/mol. The van der Waals surface area contributed by atoms with Crippen molar-refractivity contribution in [3.8, 4) is 5.75 Å². The molecule has 3 nitrogen and oxygen atoms in total. The van der Waals surface area contributed by atoms with Crippen LogP contribution in [-0.2, 0) is 0 Å². The predicted octanol–water partition coefficient (Wildman–Crippen LogP) is 2.59. The number of ether oxygens (including phenoxy) is 1. The van der Waals surface area contributed by atoms with Gasteiger partial charge in [-0.3, -0.25) is 4.79 Å². The molecule has 0 radical (unpaired) electrons. The van der Waals surface area contributed by atoms with Gasteiger partial charge in [0.1, 0.15) is 18.6 Å². The van der Waals surface area contributed by atoms with E-state index in [1.807, 2.05) is 50.5 Å². The highest BCUT2D eigenvalue weighted by atomic mass is 16.5. The van der Waals surface area contributed by atoms with E-state index in [2.05, 4.69) is 4.90 Å². The molecule has 0 atom stereocenters. The van der Waals surface area contributed by atoms with Gasteiger partial charge in [-0.15, -0.1) is 0 Å². The molecule has 0 amide bonds. The summed E-state index contributed by atoms with van der Waals surface area (Å²) in [6, 6.07) is 11.6. The van der Waals surface area contributed by atoms with Gasteiger partial charge in [-0.1, -0.05) is 18.2 Å². The Hall–Kier alpha value is -1.87. The van der Waals surface area contributed by atoms with Crippen molar-refractivity contribution < 1.29 is 9.53 Å². The molecule has 0 aromatic heterocycles. The molecule has 0 fully saturated rings. The third kappa shape index (κ3) is 3.08. The second-order valence-corrected chi connectivity index (χ2v) is 4.54. The van der Waals surface area contributed by atoms with Gasteiger partial charge in [-0.2, -0.15) is 0 Å². The fourth-order valence-corrected chi connectivity index (χ4v) is 1.75. The van der Waals surface area contributed by atoms with Crippen molar-refractivity contribution in [2.45, 2.75) is 0 Å². The molecule has 0 bridgehead atoms. The first-order valence-electron chi connectivity index (χ1n) is 5.95. The fraction of sp³-hybridized carbons (Fsp3) is 0.267. The summed E-state index contributed by atoms with van der Waals surface area (Å²) in [6.07, 6.45) is 0.862. The Bertz CT molecular complexity index is 549. The van der Waals surface area contributed by atoms with Crippen LogP contribution in [0.2, 0.25) is 0 Å². The van der Waals surface area contributed by atoms with Crippen LogP contribution < -0.4 is 4.74 Å². The van der Waals surface area contributed by atoms with Gasteiger partial charge in [0.25, 0.3) is 0 Å². The third-order valence-electron chi connectivity index (χ3n) is 2.78. The smallest absolute Gasteiger partial charge is 0.150 e. The van der Waals surface area contributed by atoms with Crippen LogP contribution in [0, 0.1) is 0 Å². The zero-order valence-corrected chi connectivity index (χ0v) is 10.7. The Morgan fingerprint density at radius 3 is 2.56 bits per heavy atom. The van der Waals surface area contributed by atoms with Crippen LogP contribution in [0.1, 0.15) is 10.4 Å². The minimum Gasteiger partial charge on any atom is -0.492 e. The molecular weight excluding hydrogens is 226 g/mol. The molecule has 0 N–H and O–H groups in total. The van der Waals surface area contributed by atoms with Gasteiger partial charge in [0.2, 0.25) is 0 Å². The van der Waals surface area contributed by atoms with Gasteiger partial charge in [0.05, 0.1) is 0 Å². The van der Waals surface area contributed by atoms with Crippen LogP contribution in [0.4, 0.5) is 0 Å². The van der Waals surface area contributed by atoms with E-state index in [9.17, 15) is 4.79 Å². The van der Waals surface area contributed by atoms with E-state index in [0.29, 0.717) is 12.2 Å². The molecule has 0 aliphatic heterocycles. The van der Waals surface area contributed by atoms with E-state index in [0.717, 1.165) is 29.4 Å². The lowest BCUT2D eigenvalue weighted by atomic mass is 10.1. The maximum atomic E-state index is 10.7. The Balaban J connectivity index is 2.15. The summed E-state index contributed by atoms with van der Waals surface area (Å²) in [5.41, 5.74) is 0.698. The maximum Gasteiger partial charge on any atom is 0.150 e. The summed E-state index contributed by atoms with van der Waals surface area (Å²) >= 11 is 0. The summed E-state index contributed by atoms with van der Waals surface area (Å²) in [5, 5.41) is 2.14. The lowest BCUT2D eigenvalue weighted by Gasteiger charge is -2.11. The summed E-state index contributed by atoms with van der Waals surface area (Å²) in [5.74, 6) is 0.864. The zero-order valence-electron chi connectivity index (χ0n) is 10.7. The van der Waals surface area contributed by atoms with Gasteiger partial charge in [-0.25, -0.2) is 0 Å². The van der Waals surface area contributed by atoms with Crippen molar-refractivity contribution in [1.82, 2.24) is 4.90 Å².